The van der Waals surface area contributed by atoms with E-state index in [1.165, 1.54) is 5.56 Å². The Morgan fingerprint density at radius 3 is 2.78 bits per heavy atom. The minimum absolute atomic E-state index is 0.0654. The largest absolute Gasteiger partial charge is 0.458 e. The van der Waals surface area contributed by atoms with Crippen LogP contribution < -0.4 is 0 Å². The fraction of sp³-hybridized carbons (Fsp3) is 0.267. The lowest BCUT2D eigenvalue weighted by Crippen LogP contribution is -2.00. The molecule has 18 heavy (non-hydrogen) atoms. The van der Waals surface area contributed by atoms with Crippen molar-refractivity contribution in [1.29, 1.82) is 0 Å². The Balaban J connectivity index is 1.92. The van der Waals surface area contributed by atoms with E-state index in [1.807, 2.05) is 31.2 Å². The van der Waals surface area contributed by atoms with Crippen molar-refractivity contribution in [2.24, 2.45) is 0 Å². The number of ketones is 1. The van der Waals surface area contributed by atoms with Crippen LogP contribution in [-0.2, 0) is 24.4 Å². The summed E-state index contributed by atoms with van der Waals surface area (Å²) in [5, 5.41) is 0. The number of benzene rings is 1. The van der Waals surface area contributed by atoms with Gasteiger partial charge in [0.1, 0.15) is 5.76 Å². The lowest BCUT2D eigenvalue weighted by atomic mass is 10.0. The maximum absolute atomic E-state index is 12.2. The van der Waals surface area contributed by atoms with Crippen LogP contribution in [0, 0.1) is 0 Å². The number of hydrogen-bond acceptors (Lipinski definition) is 3. The van der Waals surface area contributed by atoms with Crippen LogP contribution in [0.4, 0.5) is 0 Å². The highest BCUT2D eigenvalue weighted by molar-refractivity contribution is 6.07. The number of ether oxygens (including phenoxy) is 1. The van der Waals surface area contributed by atoms with E-state index in [2.05, 4.69) is 0 Å². The van der Waals surface area contributed by atoms with Gasteiger partial charge in [-0.05, 0) is 29.3 Å². The highest BCUT2D eigenvalue weighted by atomic mass is 16.5. The number of rotatable bonds is 3. The lowest BCUT2D eigenvalue weighted by molar-refractivity contribution is 0.101. The van der Waals surface area contributed by atoms with Gasteiger partial charge >= 0.3 is 0 Å². The summed E-state index contributed by atoms with van der Waals surface area (Å²) in [4.78, 5) is 12.2. The summed E-state index contributed by atoms with van der Waals surface area (Å²) in [5.41, 5.74) is 2.93. The molecule has 0 saturated carbocycles. The molecule has 0 aliphatic carbocycles. The lowest BCUT2D eigenvalue weighted by Gasteiger charge is -2.01. The van der Waals surface area contributed by atoms with Gasteiger partial charge in [-0.3, -0.25) is 4.79 Å². The first-order valence-corrected chi connectivity index (χ1v) is 6.11. The summed E-state index contributed by atoms with van der Waals surface area (Å²) in [6.45, 7) is 3.24. The third kappa shape index (κ3) is 1.87. The van der Waals surface area contributed by atoms with Crippen LogP contribution in [0.3, 0.4) is 0 Å². The molecule has 2 aromatic rings. The number of carbonyl (C=O) groups is 1. The molecule has 0 unspecified atom stereocenters. The first-order valence-electron chi connectivity index (χ1n) is 6.11. The molecule has 0 bridgehead atoms. The molecule has 3 rings (SSSR count). The van der Waals surface area contributed by atoms with Crippen LogP contribution in [0.15, 0.2) is 34.7 Å². The summed E-state index contributed by atoms with van der Waals surface area (Å²) in [5.74, 6) is 1.18. The third-order valence-corrected chi connectivity index (χ3v) is 3.22. The number of fused-ring (bicyclic) bond motifs is 1. The van der Waals surface area contributed by atoms with E-state index in [9.17, 15) is 4.79 Å². The fourth-order valence-electron chi connectivity index (χ4n) is 2.15. The topological polar surface area (TPSA) is 39.4 Å². The molecule has 2 heterocycles. The maximum Gasteiger partial charge on any atom is 0.228 e. The van der Waals surface area contributed by atoms with Crippen molar-refractivity contribution in [3.05, 3.63) is 58.5 Å². The van der Waals surface area contributed by atoms with E-state index >= 15 is 0 Å². The van der Waals surface area contributed by atoms with Crippen LogP contribution in [0.2, 0.25) is 0 Å². The van der Waals surface area contributed by atoms with E-state index in [4.69, 9.17) is 9.15 Å². The molecule has 0 spiro atoms. The SMILES string of the molecule is CCc1ccc(C(=O)c2ccc3c(c2)COC3)o1. The van der Waals surface area contributed by atoms with Gasteiger partial charge in [-0.1, -0.05) is 19.1 Å². The molecule has 1 aromatic heterocycles. The number of aryl methyl sites for hydroxylation is 1. The van der Waals surface area contributed by atoms with Crippen LogP contribution in [0.25, 0.3) is 0 Å². The first-order chi connectivity index (χ1) is 8.78. The summed E-state index contributed by atoms with van der Waals surface area (Å²) in [6, 6.07) is 9.29. The molecule has 1 aliphatic heterocycles. The van der Waals surface area contributed by atoms with Gasteiger partial charge in [0, 0.05) is 12.0 Å². The van der Waals surface area contributed by atoms with Gasteiger partial charge < -0.3 is 9.15 Å². The molecule has 0 fully saturated rings. The molecular weight excluding hydrogens is 228 g/mol. The zero-order chi connectivity index (χ0) is 12.5. The smallest absolute Gasteiger partial charge is 0.228 e. The Kier molecular flexibility index (Phi) is 2.76. The van der Waals surface area contributed by atoms with Gasteiger partial charge in [0.25, 0.3) is 0 Å². The van der Waals surface area contributed by atoms with Crippen LogP contribution >= 0.6 is 0 Å². The molecule has 1 aromatic carbocycles. The van der Waals surface area contributed by atoms with Crippen molar-refractivity contribution in [3.8, 4) is 0 Å². The zero-order valence-corrected chi connectivity index (χ0v) is 10.2. The van der Waals surface area contributed by atoms with Crippen molar-refractivity contribution < 1.29 is 13.9 Å². The minimum atomic E-state index is -0.0654. The summed E-state index contributed by atoms with van der Waals surface area (Å²) in [6.07, 6.45) is 0.797. The molecule has 0 N–H and O–H groups in total. The molecule has 0 amide bonds. The van der Waals surface area contributed by atoms with Crippen molar-refractivity contribution >= 4 is 5.78 Å². The highest BCUT2D eigenvalue weighted by Gasteiger charge is 2.17. The monoisotopic (exact) mass is 242 g/mol. The number of carbonyl (C=O) groups excluding carboxylic acids is 1. The molecule has 0 saturated heterocycles. The average molecular weight is 242 g/mol. The van der Waals surface area contributed by atoms with E-state index in [0.29, 0.717) is 24.5 Å². The quantitative estimate of drug-likeness (QED) is 0.776. The molecule has 0 atom stereocenters. The Morgan fingerprint density at radius 2 is 2.00 bits per heavy atom. The highest BCUT2D eigenvalue weighted by Crippen LogP contribution is 2.22. The van der Waals surface area contributed by atoms with Gasteiger partial charge in [-0.2, -0.15) is 0 Å². The Morgan fingerprint density at radius 1 is 1.17 bits per heavy atom. The first kappa shape index (κ1) is 11.2. The average Bonchev–Trinajstić information content (AvgIpc) is 3.05. The molecule has 3 heteroatoms. The minimum Gasteiger partial charge on any atom is -0.458 e. The van der Waals surface area contributed by atoms with Crippen LogP contribution in [-0.4, -0.2) is 5.78 Å². The molecule has 92 valence electrons. The van der Waals surface area contributed by atoms with E-state index in [0.717, 1.165) is 17.7 Å². The van der Waals surface area contributed by atoms with E-state index in [-0.39, 0.29) is 5.78 Å². The standard InChI is InChI=1S/C15H14O3/c1-2-13-5-6-14(18-13)15(16)10-3-4-11-8-17-9-12(11)7-10/h3-7H,2,8-9H2,1H3. The predicted molar refractivity (Wildman–Crippen MR) is 66.5 cm³/mol. The van der Waals surface area contributed by atoms with Crippen molar-refractivity contribution in [3.63, 3.8) is 0 Å². The second kappa shape index (κ2) is 4.42. The van der Waals surface area contributed by atoms with Crippen molar-refractivity contribution in [1.82, 2.24) is 0 Å². The molecule has 3 nitrogen and oxygen atoms in total. The summed E-state index contributed by atoms with van der Waals surface area (Å²) in [7, 11) is 0. The Hall–Kier alpha value is -1.87. The third-order valence-electron chi connectivity index (χ3n) is 3.22. The second-order valence-electron chi connectivity index (χ2n) is 4.42. The number of furan rings is 1. The van der Waals surface area contributed by atoms with Crippen molar-refractivity contribution in [2.75, 3.05) is 0 Å². The molecule has 0 radical (unpaired) electrons. The number of hydrogen-bond donors (Lipinski definition) is 0. The van der Waals surface area contributed by atoms with Crippen molar-refractivity contribution in [2.45, 2.75) is 26.6 Å². The van der Waals surface area contributed by atoms with Gasteiger partial charge in [-0.15, -0.1) is 0 Å². The van der Waals surface area contributed by atoms with Gasteiger partial charge in [0.2, 0.25) is 5.78 Å². The fourth-order valence-corrected chi connectivity index (χ4v) is 2.15. The van der Waals surface area contributed by atoms with E-state index in [1.54, 1.807) is 6.07 Å². The maximum atomic E-state index is 12.2. The van der Waals surface area contributed by atoms with Crippen LogP contribution in [0.1, 0.15) is 39.9 Å². The van der Waals surface area contributed by atoms with E-state index < -0.39 is 0 Å². The molecule has 1 aliphatic rings. The van der Waals surface area contributed by atoms with Gasteiger partial charge in [0.05, 0.1) is 13.2 Å². The van der Waals surface area contributed by atoms with Crippen LogP contribution in [0.5, 0.6) is 0 Å². The summed E-state index contributed by atoms with van der Waals surface area (Å²) < 4.78 is 10.8. The molecular formula is C15H14O3. The Bertz CT molecular complexity index is 596. The Labute approximate surface area is 105 Å². The van der Waals surface area contributed by atoms with Gasteiger partial charge in [0.15, 0.2) is 5.76 Å². The predicted octanol–water partition coefficient (Wildman–Crippen LogP) is 3.10. The van der Waals surface area contributed by atoms with Gasteiger partial charge in [-0.25, -0.2) is 0 Å². The zero-order valence-electron chi connectivity index (χ0n) is 10.2. The second-order valence-corrected chi connectivity index (χ2v) is 4.42. The normalized spacial score (nSPS) is 13.6. The summed E-state index contributed by atoms with van der Waals surface area (Å²) >= 11 is 0.